The van der Waals surface area contributed by atoms with Gasteiger partial charge in [-0.3, -0.25) is 14.8 Å². The van der Waals surface area contributed by atoms with Gasteiger partial charge in [-0.1, -0.05) is 6.08 Å². The number of ether oxygens (including phenoxy) is 1. The van der Waals surface area contributed by atoms with Crippen LogP contribution in [0.25, 0.3) is 0 Å². The molecule has 0 amide bonds. The van der Waals surface area contributed by atoms with Crippen molar-refractivity contribution in [2.45, 2.75) is 30.9 Å². The number of rotatable bonds is 5. The maximum absolute atomic E-state index is 7.05. The fourth-order valence-electron chi connectivity index (χ4n) is 6.30. The monoisotopic (exact) mass is 432 g/mol. The van der Waals surface area contributed by atoms with Gasteiger partial charge in [-0.05, 0) is 19.3 Å². The second-order valence-corrected chi connectivity index (χ2v) is 9.07. The van der Waals surface area contributed by atoms with Gasteiger partial charge in [-0.15, -0.1) is 0 Å². The Morgan fingerprint density at radius 3 is 2.55 bits per heavy atom. The fraction of sp³-hybridized carbons (Fsp3) is 0.850. The molecule has 31 heavy (non-hydrogen) atoms. The van der Waals surface area contributed by atoms with Crippen molar-refractivity contribution in [1.82, 2.24) is 46.0 Å². The topological polar surface area (TPSA) is 77.1 Å². The molecule has 6 rings (SSSR count). The standard InChI is InChI=1S/C20H36N10O/c1-2-10-25(9-1)20(27-14-8-22-18-27)19(26-13-7-21-17-26,28-11-3-5-23-28)29(15-16-31-20)30-12-4-6-24-30/h3,5,18,21,23-24H,1-2,4,6-17H2. The van der Waals surface area contributed by atoms with Crippen molar-refractivity contribution in [3.05, 3.63) is 12.3 Å². The van der Waals surface area contributed by atoms with Gasteiger partial charge in [0.25, 0.3) is 5.85 Å². The maximum Gasteiger partial charge on any atom is 0.252 e. The highest BCUT2D eigenvalue weighted by Gasteiger charge is 2.72. The van der Waals surface area contributed by atoms with E-state index in [0.29, 0.717) is 6.61 Å². The molecule has 0 aromatic carbocycles. The first-order valence-corrected chi connectivity index (χ1v) is 12.0. The van der Waals surface area contributed by atoms with Crippen molar-refractivity contribution in [3.63, 3.8) is 0 Å². The van der Waals surface area contributed by atoms with Crippen LogP contribution in [0.15, 0.2) is 17.3 Å². The van der Waals surface area contributed by atoms with E-state index in [1.807, 2.05) is 6.34 Å². The third kappa shape index (κ3) is 2.92. The molecule has 172 valence electrons. The Morgan fingerprint density at radius 1 is 0.935 bits per heavy atom. The molecule has 0 radical (unpaired) electrons. The van der Waals surface area contributed by atoms with Crippen LogP contribution < -0.4 is 16.2 Å². The Morgan fingerprint density at radius 2 is 1.87 bits per heavy atom. The summed E-state index contributed by atoms with van der Waals surface area (Å²) < 4.78 is 7.05. The first kappa shape index (κ1) is 20.3. The van der Waals surface area contributed by atoms with Crippen molar-refractivity contribution < 1.29 is 4.74 Å². The summed E-state index contributed by atoms with van der Waals surface area (Å²) in [6, 6.07) is 0. The van der Waals surface area contributed by atoms with E-state index in [2.05, 4.69) is 63.3 Å². The second kappa shape index (κ2) is 8.23. The van der Waals surface area contributed by atoms with Crippen LogP contribution in [0.1, 0.15) is 19.3 Å². The number of aliphatic imine (C=N–C) groups is 1. The SMILES string of the molecule is C1=CNN(C2(N3CCNC3)N(N3CCCN3)CCOC2(N2C=NCC2)N2CCCC2)C1. The van der Waals surface area contributed by atoms with Crippen LogP contribution in [-0.2, 0) is 4.74 Å². The first-order chi connectivity index (χ1) is 15.4. The Kier molecular flexibility index (Phi) is 5.39. The van der Waals surface area contributed by atoms with E-state index in [-0.39, 0.29) is 0 Å². The van der Waals surface area contributed by atoms with Crippen LogP contribution in [0.3, 0.4) is 0 Å². The minimum atomic E-state index is -0.670. The molecule has 2 atom stereocenters. The van der Waals surface area contributed by atoms with Crippen molar-refractivity contribution in [1.29, 1.82) is 0 Å². The summed E-state index contributed by atoms with van der Waals surface area (Å²) >= 11 is 0. The lowest BCUT2D eigenvalue weighted by Gasteiger charge is -2.68. The molecule has 4 fully saturated rings. The van der Waals surface area contributed by atoms with Crippen LogP contribution in [0.4, 0.5) is 0 Å². The molecule has 0 aromatic heterocycles. The summed E-state index contributed by atoms with van der Waals surface area (Å²) in [5, 5.41) is 10.9. The number of nitrogens with zero attached hydrogens (tertiary/aromatic N) is 7. The normalized spacial score (nSPS) is 38.8. The van der Waals surface area contributed by atoms with Crippen molar-refractivity contribution in [3.8, 4) is 0 Å². The molecule has 0 aromatic rings. The summed E-state index contributed by atoms with van der Waals surface area (Å²) in [5.41, 5.74) is 7.27. The average Bonchev–Trinajstić information content (AvgIpc) is 3.66. The van der Waals surface area contributed by atoms with Crippen LogP contribution in [-0.4, -0.2) is 127 Å². The summed E-state index contributed by atoms with van der Waals surface area (Å²) in [6.07, 6.45) is 9.89. The molecule has 0 aliphatic carbocycles. The van der Waals surface area contributed by atoms with Crippen molar-refractivity contribution >= 4 is 6.34 Å². The number of nitrogens with one attached hydrogen (secondary N) is 3. The van der Waals surface area contributed by atoms with Gasteiger partial charge in [0.15, 0.2) is 0 Å². The van der Waals surface area contributed by atoms with Gasteiger partial charge in [0.1, 0.15) is 0 Å². The van der Waals surface area contributed by atoms with E-state index in [1.165, 1.54) is 12.8 Å². The van der Waals surface area contributed by atoms with Crippen LogP contribution in [0.2, 0.25) is 0 Å². The zero-order chi connectivity index (χ0) is 20.7. The molecule has 4 saturated heterocycles. The lowest BCUT2D eigenvalue weighted by molar-refractivity contribution is -0.428. The lowest BCUT2D eigenvalue weighted by atomic mass is 10.0. The number of hydrogen-bond donors (Lipinski definition) is 3. The predicted molar refractivity (Wildman–Crippen MR) is 117 cm³/mol. The summed E-state index contributed by atoms with van der Waals surface area (Å²) in [5.74, 6) is -1.24. The predicted octanol–water partition coefficient (Wildman–Crippen LogP) is -1.61. The minimum absolute atomic E-state index is 0.573. The Bertz CT molecular complexity index is 690. The van der Waals surface area contributed by atoms with Crippen molar-refractivity contribution in [2.75, 3.05) is 78.7 Å². The highest BCUT2D eigenvalue weighted by atomic mass is 16.6. The minimum Gasteiger partial charge on any atom is -0.337 e. The lowest BCUT2D eigenvalue weighted by Crippen LogP contribution is -2.92. The largest absolute Gasteiger partial charge is 0.337 e. The number of likely N-dealkylation sites (tertiary alicyclic amines) is 1. The number of hydrogen-bond acceptors (Lipinski definition) is 11. The third-order valence-electron chi connectivity index (χ3n) is 7.47. The molecule has 3 N–H and O–H groups in total. The highest BCUT2D eigenvalue weighted by molar-refractivity contribution is 5.58. The van der Waals surface area contributed by atoms with E-state index in [0.717, 1.165) is 78.5 Å². The van der Waals surface area contributed by atoms with Gasteiger partial charge in [0.2, 0.25) is 5.79 Å². The van der Waals surface area contributed by atoms with E-state index in [1.54, 1.807) is 0 Å². The molecule has 2 unspecified atom stereocenters. The third-order valence-corrected chi connectivity index (χ3v) is 7.47. The van der Waals surface area contributed by atoms with Crippen LogP contribution in [0, 0.1) is 0 Å². The van der Waals surface area contributed by atoms with Crippen LogP contribution in [0.5, 0.6) is 0 Å². The number of morpholine rings is 1. The smallest absolute Gasteiger partial charge is 0.252 e. The van der Waals surface area contributed by atoms with Gasteiger partial charge in [-0.25, -0.2) is 5.43 Å². The molecule has 11 nitrogen and oxygen atoms in total. The molecule has 0 saturated carbocycles. The fourth-order valence-corrected chi connectivity index (χ4v) is 6.30. The van der Waals surface area contributed by atoms with Gasteiger partial charge >= 0.3 is 0 Å². The summed E-state index contributed by atoms with van der Waals surface area (Å²) in [6.45, 7) is 10.9. The molecular weight excluding hydrogens is 396 g/mol. The average molecular weight is 433 g/mol. The molecule has 11 heteroatoms. The van der Waals surface area contributed by atoms with Gasteiger partial charge < -0.3 is 20.4 Å². The van der Waals surface area contributed by atoms with E-state index in [9.17, 15) is 0 Å². The quantitative estimate of drug-likeness (QED) is 0.472. The molecule has 6 aliphatic heterocycles. The first-order valence-electron chi connectivity index (χ1n) is 12.0. The molecule has 0 bridgehead atoms. The zero-order valence-electron chi connectivity index (χ0n) is 18.4. The van der Waals surface area contributed by atoms with Crippen LogP contribution >= 0.6 is 0 Å². The maximum atomic E-state index is 7.05. The summed E-state index contributed by atoms with van der Waals surface area (Å²) in [7, 11) is 0. The van der Waals surface area contributed by atoms with Gasteiger partial charge in [-0.2, -0.15) is 15.1 Å². The van der Waals surface area contributed by atoms with Gasteiger partial charge in [0, 0.05) is 65.1 Å². The summed E-state index contributed by atoms with van der Waals surface area (Å²) in [4.78, 5) is 12.2. The Labute approximate surface area is 184 Å². The highest BCUT2D eigenvalue weighted by Crippen LogP contribution is 2.47. The van der Waals surface area contributed by atoms with Crippen molar-refractivity contribution in [2.24, 2.45) is 4.99 Å². The zero-order valence-corrected chi connectivity index (χ0v) is 18.4. The van der Waals surface area contributed by atoms with E-state index < -0.39 is 11.6 Å². The second-order valence-electron chi connectivity index (χ2n) is 9.07. The van der Waals surface area contributed by atoms with E-state index in [4.69, 9.17) is 4.74 Å². The molecule has 6 aliphatic rings. The number of hydrazine groups is 3. The van der Waals surface area contributed by atoms with E-state index >= 15 is 0 Å². The Hall–Kier alpha value is -1.31. The molecular formula is C20H36N10O. The molecule has 6 heterocycles. The Balaban J connectivity index is 1.56. The molecule has 0 spiro atoms. The van der Waals surface area contributed by atoms with Gasteiger partial charge in [0.05, 0.1) is 26.2 Å².